The summed E-state index contributed by atoms with van der Waals surface area (Å²) in [6.07, 6.45) is 8.91. The molecule has 6 rings (SSSR count). The van der Waals surface area contributed by atoms with E-state index in [1.54, 1.807) is 0 Å². The van der Waals surface area contributed by atoms with E-state index in [9.17, 15) is 0 Å². The van der Waals surface area contributed by atoms with Crippen LogP contribution in [0.3, 0.4) is 0 Å². The lowest BCUT2D eigenvalue weighted by atomic mass is 9.87. The Morgan fingerprint density at radius 2 is 1.77 bits per heavy atom. The van der Waals surface area contributed by atoms with Crippen LogP contribution in [0.25, 0.3) is 32.8 Å². The molecule has 2 heterocycles. The molecule has 0 radical (unpaired) electrons. The number of nitrogens with zero attached hydrogens (tertiary/aromatic N) is 1. The number of rotatable bonds is 2. The van der Waals surface area contributed by atoms with E-state index < -0.39 is 0 Å². The second kappa shape index (κ2) is 6.82. The third kappa shape index (κ3) is 2.74. The van der Waals surface area contributed by atoms with E-state index in [4.69, 9.17) is 4.74 Å². The van der Waals surface area contributed by atoms with Gasteiger partial charge in [-0.15, -0.1) is 0 Å². The molecule has 2 heteroatoms. The molecule has 4 aromatic rings. The molecular weight excluding hydrogens is 378 g/mol. The van der Waals surface area contributed by atoms with Crippen LogP contribution in [0.4, 0.5) is 0 Å². The zero-order valence-electron chi connectivity index (χ0n) is 19.0. The van der Waals surface area contributed by atoms with Crippen molar-refractivity contribution in [2.24, 2.45) is 13.0 Å². The van der Waals surface area contributed by atoms with Crippen molar-refractivity contribution >= 4 is 21.5 Å². The summed E-state index contributed by atoms with van der Waals surface area (Å²) >= 11 is 0. The SMILES string of the molecule is Cc1c2c(c(C)c3c(C)cccc13)-c1c3c(cc(CC4CCCC4)cc3cc[n+]1C)O2. The Kier molecular flexibility index (Phi) is 4.15. The van der Waals surface area contributed by atoms with E-state index in [0.717, 1.165) is 17.4 Å². The van der Waals surface area contributed by atoms with Crippen LogP contribution in [0.1, 0.15) is 47.9 Å². The Labute approximate surface area is 184 Å². The number of aromatic nitrogens is 1. The smallest absolute Gasteiger partial charge is 0.228 e. The fraction of sp³-hybridized carbons (Fsp3) is 0.345. The largest absolute Gasteiger partial charge is 0.455 e. The van der Waals surface area contributed by atoms with Crippen LogP contribution in [0, 0.1) is 26.7 Å². The molecule has 1 saturated carbocycles. The normalized spacial score (nSPS) is 15.5. The summed E-state index contributed by atoms with van der Waals surface area (Å²) in [4.78, 5) is 0. The van der Waals surface area contributed by atoms with Crippen LogP contribution in [0.2, 0.25) is 0 Å². The molecule has 0 atom stereocenters. The van der Waals surface area contributed by atoms with Crippen molar-refractivity contribution in [1.82, 2.24) is 0 Å². The first-order chi connectivity index (χ1) is 15.0. The Balaban J connectivity index is 1.65. The molecule has 2 aliphatic rings. The monoisotopic (exact) mass is 408 g/mol. The minimum Gasteiger partial charge on any atom is -0.455 e. The molecule has 3 aromatic carbocycles. The van der Waals surface area contributed by atoms with Gasteiger partial charge in [-0.05, 0) is 72.0 Å². The second-order valence-corrected chi connectivity index (χ2v) is 9.74. The standard InChI is InChI=1S/C29H30NO/c1-17-8-7-11-23-18(2)29-26(19(3)25(17)23)28-27-22(12-13-30(28)4)15-21(16-24(27)31-29)14-20-9-5-6-10-20/h7-8,11-13,15-16,20H,5-6,9-10,14H2,1-4H3/q+1. The number of ether oxygens (including phenoxy) is 1. The Hall–Kier alpha value is -2.87. The quantitative estimate of drug-likeness (QED) is 0.280. The number of benzene rings is 3. The molecule has 1 aliphatic heterocycles. The second-order valence-electron chi connectivity index (χ2n) is 9.74. The number of hydrogen-bond donors (Lipinski definition) is 0. The van der Waals surface area contributed by atoms with Crippen LogP contribution in [0.15, 0.2) is 42.6 Å². The summed E-state index contributed by atoms with van der Waals surface area (Å²) < 4.78 is 9.03. The molecule has 1 fully saturated rings. The zero-order chi connectivity index (χ0) is 21.3. The lowest BCUT2D eigenvalue weighted by Gasteiger charge is -2.25. The van der Waals surface area contributed by atoms with Crippen molar-refractivity contribution in [1.29, 1.82) is 0 Å². The van der Waals surface area contributed by atoms with Crippen molar-refractivity contribution in [2.45, 2.75) is 52.9 Å². The van der Waals surface area contributed by atoms with Crippen LogP contribution in [-0.2, 0) is 13.5 Å². The fourth-order valence-electron chi connectivity index (χ4n) is 6.18. The first kappa shape index (κ1) is 18.9. The van der Waals surface area contributed by atoms with E-state index in [1.165, 1.54) is 87.2 Å². The summed E-state index contributed by atoms with van der Waals surface area (Å²) in [5, 5.41) is 5.21. The first-order valence-electron chi connectivity index (χ1n) is 11.7. The lowest BCUT2D eigenvalue weighted by Crippen LogP contribution is -2.32. The zero-order valence-corrected chi connectivity index (χ0v) is 19.0. The molecule has 0 amide bonds. The van der Waals surface area contributed by atoms with E-state index in [-0.39, 0.29) is 0 Å². The predicted octanol–water partition coefficient (Wildman–Crippen LogP) is 7.25. The van der Waals surface area contributed by atoms with Gasteiger partial charge in [-0.3, -0.25) is 0 Å². The van der Waals surface area contributed by atoms with E-state index >= 15 is 0 Å². The summed E-state index contributed by atoms with van der Waals surface area (Å²) in [5.74, 6) is 2.89. The Morgan fingerprint density at radius 1 is 0.968 bits per heavy atom. The molecule has 156 valence electrons. The van der Waals surface area contributed by atoms with Crippen molar-refractivity contribution in [3.8, 4) is 22.8 Å². The number of aryl methyl sites for hydroxylation is 4. The highest BCUT2D eigenvalue weighted by Gasteiger charge is 2.32. The Morgan fingerprint density at radius 3 is 2.58 bits per heavy atom. The van der Waals surface area contributed by atoms with Crippen LogP contribution >= 0.6 is 0 Å². The fourth-order valence-corrected chi connectivity index (χ4v) is 6.18. The van der Waals surface area contributed by atoms with Gasteiger partial charge in [0.2, 0.25) is 5.69 Å². The topological polar surface area (TPSA) is 13.1 Å². The van der Waals surface area contributed by atoms with Crippen molar-refractivity contribution < 1.29 is 9.30 Å². The third-order valence-electron chi connectivity index (χ3n) is 7.70. The highest BCUT2D eigenvalue weighted by atomic mass is 16.5. The van der Waals surface area contributed by atoms with E-state index in [2.05, 4.69) is 75.0 Å². The van der Waals surface area contributed by atoms with Gasteiger partial charge in [-0.25, -0.2) is 4.57 Å². The van der Waals surface area contributed by atoms with Gasteiger partial charge in [-0.2, -0.15) is 0 Å². The predicted molar refractivity (Wildman–Crippen MR) is 128 cm³/mol. The summed E-state index contributed by atoms with van der Waals surface area (Å²) in [6, 6.07) is 13.6. The maximum atomic E-state index is 6.76. The van der Waals surface area contributed by atoms with Crippen molar-refractivity contribution in [2.75, 3.05) is 0 Å². The molecule has 1 aromatic heterocycles. The molecule has 31 heavy (non-hydrogen) atoms. The van der Waals surface area contributed by atoms with Crippen LogP contribution in [0.5, 0.6) is 11.5 Å². The maximum absolute atomic E-state index is 6.76. The van der Waals surface area contributed by atoms with Gasteiger partial charge >= 0.3 is 0 Å². The van der Waals surface area contributed by atoms with Gasteiger partial charge in [0.25, 0.3) is 0 Å². The Bertz CT molecular complexity index is 1380. The van der Waals surface area contributed by atoms with Gasteiger partial charge in [0, 0.05) is 11.6 Å². The van der Waals surface area contributed by atoms with E-state index in [1.807, 2.05) is 0 Å². The molecule has 0 spiro atoms. The van der Waals surface area contributed by atoms with Gasteiger partial charge < -0.3 is 4.74 Å². The molecule has 0 unspecified atom stereocenters. The first-order valence-corrected chi connectivity index (χ1v) is 11.7. The molecule has 2 nitrogen and oxygen atoms in total. The van der Waals surface area contributed by atoms with Gasteiger partial charge in [0.15, 0.2) is 6.20 Å². The molecule has 0 saturated heterocycles. The molecule has 0 bridgehead atoms. The highest BCUT2D eigenvalue weighted by Crippen LogP contribution is 2.51. The van der Waals surface area contributed by atoms with Crippen molar-refractivity contribution in [3.63, 3.8) is 0 Å². The summed E-state index contributed by atoms with van der Waals surface area (Å²) in [6.45, 7) is 6.69. The van der Waals surface area contributed by atoms with E-state index in [0.29, 0.717) is 0 Å². The van der Waals surface area contributed by atoms with Crippen LogP contribution < -0.4 is 9.30 Å². The summed E-state index contributed by atoms with van der Waals surface area (Å²) in [5.41, 5.74) is 7.84. The highest BCUT2D eigenvalue weighted by molar-refractivity contribution is 6.07. The minimum absolute atomic E-state index is 0.829. The molecule has 1 aliphatic carbocycles. The minimum atomic E-state index is 0.829. The molecule has 0 N–H and O–H groups in total. The average Bonchev–Trinajstić information content (AvgIpc) is 3.26. The lowest BCUT2D eigenvalue weighted by molar-refractivity contribution is -0.659. The average molecular weight is 409 g/mol. The van der Waals surface area contributed by atoms with Crippen molar-refractivity contribution in [3.05, 3.63) is 64.8 Å². The summed E-state index contributed by atoms with van der Waals surface area (Å²) in [7, 11) is 2.16. The third-order valence-corrected chi connectivity index (χ3v) is 7.70. The number of fused-ring (bicyclic) bond motifs is 3. The number of pyridine rings is 1. The maximum Gasteiger partial charge on any atom is 0.228 e. The number of hydrogen-bond acceptors (Lipinski definition) is 1. The van der Waals surface area contributed by atoms with Gasteiger partial charge in [-0.1, -0.05) is 49.9 Å². The van der Waals surface area contributed by atoms with Gasteiger partial charge in [0.1, 0.15) is 18.5 Å². The molecular formula is C29H30NO+. The van der Waals surface area contributed by atoms with Gasteiger partial charge in [0.05, 0.1) is 10.9 Å². The van der Waals surface area contributed by atoms with Crippen LogP contribution in [-0.4, -0.2) is 0 Å².